The smallest absolute Gasteiger partial charge is 0.302 e. The van der Waals surface area contributed by atoms with Gasteiger partial charge < -0.3 is 69.6 Å². The Bertz CT molecular complexity index is 1510. The van der Waals surface area contributed by atoms with Crippen molar-refractivity contribution in [2.24, 2.45) is 50.7 Å². The molecule has 7 aliphatic rings. The molecule has 2 aliphatic heterocycles. The minimum atomic E-state index is -1.64. The fourth-order valence-corrected chi connectivity index (χ4v) is 14.4. The van der Waals surface area contributed by atoms with Gasteiger partial charge in [-0.3, -0.25) is 4.79 Å². The Balaban J connectivity index is 1.22. The molecular formula is C43H72O15. The van der Waals surface area contributed by atoms with E-state index in [1.807, 2.05) is 0 Å². The highest BCUT2D eigenvalue weighted by atomic mass is 16.7. The molecule has 334 valence electrons. The minimum absolute atomic E-state index is 0.0471. The lowest BCUT2D eigenvalue weighted by molar-refractivity contribution is -0.339. The van der Waals surface area contributed by atoms with E-state index in [-0.39, 0.29) is 58.5 Å². The van der Waals surface area contributed by atoms with Crippen LogP contribution in [0, 0.1) is 50.7 Å². The Morgan fingerprint density at radius 3 is 2.16 bits per heavy atom. The van der Waals surface area contributed by atoms with Gasteiger partial charge in [-0.15, -0.1) is 0 Å². The van der Waals surface area contributed by atoms with Gasteiger partial charge in [0.25, 0.3) is 0 Å². The zero-order chi connectivity index (χ0) is 42.7. The van der Waals surface area contributed by atoms with Crippen molar-refractivity contribution in [2.45, 2.75) is 199 Å². The molecule has 0 radical (unpaired) electrons. The molecule has 7 fully saturated rings. The number of esters is 1. The van der Waals surface area contributed by atoms with Crippen LogP contribution < -0.4 is 0 Å². The number of carbonyl (C=O) groups is 1. The van der Waals surface area contributed by atoms with Crippen LogP contribution in [-0.2, 0) is 28.5 Å². The van der Waals surface area contributed by atoms with Crippen molar-refractivity contribution in [2.75, 3.05) is 13.2 Å². The summed E-state index contributed by atoms with van der Waals surface area (Å²) in [4.78, 5) is 11.7. The zero-order valence-corrected chi connectivity index (χ0v) is 35.6. The Labute approximate surface area is 342 Å². The molecule has 0 bridgehead atoms. The van der Waals surface area contributed by atoms with E-state index in [4.69, 9.17) is 23.7 Å². The maximum absolute atomic E-state index is 12.1. The number of rotatable bonds is 11. The van der Waals surface area contributed by atoms with Gasteiger partial charge in [0.1, 0.15) is 49.3 Å². The number of hydrogen-bond acceptors (Lipinski definition) is 15. The van der Waals surface area contributed by atoms with E-state index in [2.05, 4.69) is 34.6 Å². The van der Waals surface area contributed by atoms with Crippen LogP contribution in [0.5, 0.6) is 0 Å². The first-order valence-electron chi connectivity index (χ1n) is 21.7. The quantitative estimate of drug-likeness (QED) is 0.105. The third kappa shape index (κ3) is 6.93. The molecule has 7 rings (SSSR count). The van der Waals surface area contributed by atoms with Crippen LogP contribution in [0.15, 0.2) is 0 Å². The van der Waals surface area contributed by atoms with Gasteiger partial charge in [-0.05, 0) is 122 Å². The van der Waals surface area contributed by atoms with Crippen LogP contribution >= 0.6 is 0 Å². The molecule has 15 nitrogen and oxygen atoms in total. The number of carbonyl (C=O) groups excluding carboxylic acids is 1. The summed E-state index contributed by atoms with van der Waals surface area (Å²) in [5.41, 5.74) is -2.77. The molecular weight excluding hydrogens is 756 g/mol. The molecule has 0 aromatic carbocycles. The van der Waals surface area contributed by atoms with E-state index < -0.39 is 96.7 Å². The lowest BCUT2D eigenvalue weighted by Crippen LogP contribution is -2.65. The van der Waals surface area contributed by atoms with Crippen LogP contribution in [0.3, 0.4) is 0 Å². The molecule has 9 N–H and O–H groups in total. The van der Waals surface area contributed by atoms with Crippen LogP contribution in [0.25, 0.3) is 0 Å². The highest BCUT2D eigenvalue weighted by molar-refractivity contribution is 5.65. The highest BCUT2D eigenvalue weighted by Crippen LogP contribution is 2.89. The summed E-state index contributed by atoms with van der Waals surface area (Å²) < 4.78 is 30.5. The van der Waals surface area contributed by atoms with Gasteiger partial charge in [0.05, 0.1) is 36.6 Å². The average Bonchev–Trinajstić information content (AvgIpc) is 3.73. The molecule has 0 aromatic rings. The highest BCUT2D eigenvalue weighted by Gasteiger charge is 2.84. The lowest BCUT2D eigenvalue weighted by atomic mass is 9.41. The summed E-state index contributed by atoms with van der Waals surface area (Å²) in [5.74, 6) is -0.661. The van der Waals surface area contributed by atoms with Crippen LogP contribution in [0.1, 0.15) is 113 Å². The molecule has 5 aliphatic carbocycles. The summed E-state index contributed by atoms with van der Waals surface area (Å²) >= 11 is 0. The summed E-state index contributed by atoms with van der Waals surface area (Å²) in [6, 6.07) is 0. The molecule has 58 heavy (non-hydrogen) atoms. The Kier molecular flexibility index (Phi) is 11.9. The summed E-state index contributed by atoms with van der Waals surface area (Å²) in [6.07, 6.45) is -8.75. The van der Waals surface area contributed by atoms with Crippen molar-refractivity contribution < 1.29 is 74.4 Å². The summed E-state index contributed by atoms with van der Waals surface area (Å²) in [5, 5.41) is 97.9. The molecule has 0 aromatic heterocycles. The van der Waals surface area contributed by atoms with E-state index in [0.717, 1.165) is 25.7 Å². The molecule has 15 heteroatoms. The second kappa shape index (κ2) is 15.3. The third-order valence-electron chi connectivity index (χ3n) is 17.5. The second-order valence-electron chi connectivity index (χ2n) is 21.3. The molecule has 2 heterocycles. The van der Waals surface area contributed by atoms with Crippen LogP contribution in [0.4, 0.5) is 0 Å². The first-order chi connectivity index (χ1) is 26.9. The fraction of sp³-hybridized carbons (Fsp3) is 0.977. The standard InChI is InChI=1S/C43H72O15/c1-20(9-10-27(47)39(5,6)53)29-22(45)16-41(8)26-15-24(56-37-34(52)32(50)31(49)25(57-37)18-54-21(2)44)35-38(3,4)28(58-36-33(51)30(48)23(46)17-55-36)11-12-43(35)19-42(26,43)14-13-40(29,41)7/h20,22-37,45-53H,9-19H2,1-8H3. The SMILES string of the molecule is CC(=O)OCC1OC(OC2CC3C4(C)CC(O)C(C(C)CCC(O)C(C)(C)O)C4(C)CCC34CC43CCC(OC4OCC(O)C(O)C4O)C(C)(C)C23)C(O)C(O)C1O. The van der Waals surface area contributed by atoms with Crippen LogP contribution in [-0.4, -0.2) is 150 Å². The van der Waals surface area contributed by atoms with Crippen molar-refractivity contribution in [3.63, 3.8) is 0 Å². The first kappa shape index (κ1) is 45.0. The number of fused-ring (bicyclic) bond motifs is 2. The predicted octanol–water partition coefficient (Wildman–Crippen LogP) is 1.13. The van der Waals surface area contributed by atoms with Gasteiger partial charge >= 0.3 is 5.97 Å². The maximum Gasteiger partial charge on any atom is 0.302 e. The number of aliphatic hydroxyl groups excluding tert-OH is 8. The van der Waals surface area contributed by atoms with Crippen molar-refractivity contribution in [1.29, 1.82) is 0 Å². The molecule has 2 saturated heterocycles. The summed E-state index contributed by atoms with van der Waals surface area (Å²) in [6.45, 7) is 14.9. The van der Waals surface area contributed by atoms with E-state index in [0.29, 0.717) is 32.1 Å². The fourth-order valence-electron chi connectivity index (χ4n) is 14.4. The van der Waals surface area contributed by atoms with E-state index in [9.17, 15) is 50.8 Å². The lowest BCUT2D eigenvalue weighted by Gasteiger charge is -2.65. The monoisotopic (exact) mass is 828 g/mol. The molecule has 5 saturated carbocycles. The number of ether oxygens (including phenoxy) is 5. The van der Waals surface area contributed by atoms with Crippen molar-refractivity contribution in [3.05, 3.63) is 0 Å². The van der Waals surface area contributed by atoms with Gasteiger partial charge in [-0.1, -0.05) is 34.6 Å². The van der Waals surface area contributed by atoms with E-state index >= 15 is 0 Å². The maximum atomic E-state index is 12.1. The van der Waals surface area contributed by atoms with E-state index in [1.165, 1.54) is 6.92 Å². The normalized spacial score (nSPS) is 52.1. The van der Waals surface area contributed by atoms with Gasteiger partial charge in [-0.2, -0.15) is 0 Å². The largest absolute Gasteiger partial charge is 0.463 e. The topological polar surface area (TPSA) is 245 Å². The Morgan fingerprint density at radius 2 is 1.50 bits per heavy atom. The molecule has 21 atom stereocenters. The number of aliphatic hydroxyl groups is 9. The Morgan fingerprint density at radius 1 is 0.828 bits per heavy atom. The number of hydrogen-bond donors (Lipinski definition) is 9. The van der Waals surface area contributed by atoms with Crippen molar-refractivity contribution >= 4 is 5.97 Å². The molecule has 21 unspecified atom stereocenters. The molecule has 0 amide bonds. The van der Waals surface area contributed by atoms with Crippen molar-refractivity contribution in [3.8, 4) is 0 Å². The average molecular weight is 829 g/mol. The van der Waals surface area contributed by atoms with Gasteiger partial charge in [0.15, 0.2) is 12.6 Å². The predicted molar refractivity (Wildman–Crippen MR) is 205 cm³/mol. The zero-order valence-electron chi connectivity index (χ0n) is 35.6. The van der Waals surface area contributed by atoms with Gasteiger partial charge in [-0.25, -0.2) is 0 Å². The van der Waals surface area contributed by atoms with E-state index in [1.54, 1.807) is 13.8 Å². The third-order valence-corrected chi connectivity index (χ3v) is 17.5. The van der Waals surface area contributed by atoms with Gasteiger partial charge in [0, 0.05) is 6.92 Å². The van der Waals surface area contributed by atoms with Gasteiger partial charge in [0.2, 0.25) is 0 Å². The second-order valence-corrected chi connectivity index (χ2v) is 21.3. The van der Waals surface area contributed by atoms with Crippen molar-refractivity contribution in [1.82, 2.24) is 0 Å². The minimum Gasteiger partial charge on any atom is -0.463 e. The Hall–Kier alpha value is -1.05. The van der Waals surface area contributed by atoms with Crippen LogP contribution in [0.2, 0.25) is 0 Å². The molecule has 2 spiro atoms. The summed E-state index contributed by atoms with van der Waals surface area (Å²) in [7, 11) is 0. The first-order valence-corrected chi connectivity index (χ1v) is 21.7.